The van der Waals surface area contributed by atoms with Crippen LogP contribution >= 0.6 is 0 Å². The van der Waals surface area contributed by atoms with Gasteiger partial charge in [0.25, 0.3) is 0 Å². The molecule has 0 aromatic heterocycles. The molecule has 2 aromatic carbocycles. The minimum absolute atomic E-state index is 0.0195. The van der Waals surface area contributed by atoms with E-state index < -0.39 is 53.6 Å². The molecule has 1 amide bonds. The molecule has 11 nitrogen and oxygen atoms in total. The molecule has 1 aliphatic heterocycles. The number of aliphatic hydroxyl groups is 2. The first-order valence-electron chi connectivity index (χ1n) is 15.9. The standard InChI is InChI=1S/C36H43NO10/c1-35(2,3)46-31(40)13-12-27(22-39)37-33(41)26-18-29(44-34(42)28-11-7-6-8-23(28)14-16-43-17-15-38)32-30(19-26)45-36(47-32)20-24-9-4-5-10-25(24)21-36/h4-11,14,16,19,27,29-30,32,38-39H,12-13,15,17-18,20-22H2,1-3H3,(H,37,41). The number of carbonyl (C=O) groups excluding carboxylic acids is 3. The fourth-order valence-corrected chi connectivity index (χ4v) is 6.11. The maximum absolute atomic E-state index is 13.6. The summed E-state index contributed by atoms with van der Waals surface area (Å²) >= 11 is 0. The summed E-state index contributed by atoms with van der Waals surface area (Å²) in [6.45, 7) is 4.92. The van der Waals surface area contributed by atoms with E-state index in [1.807, 2.05) is 24.3 Å². The van der Waals surface area contributed by atoms with E-state index in [1.54, 1.807) is 57.2 Å². The topological polar surface area (TPSA) is 150 Å². The summed E-state index contributed by atoms with van der Waals surface area (Å²) < 4.78 is 29.8. The van der Waals surface area contributed by atoms with Crippen molar-refractivity contribution >= 4 is 23.9 Å². The van der Waals surface area contributed by atoms with E-state index >= 15 is 0 Å². The summed E-state index contributed by atoms with van der Waals surface area (Å²) in [5.74, 6) is -2.46. The van der Waals surface area contributed by atoms with Crippen molar-refractivity contribution in [2.75, 3.05) is 19.8 Å². The molecule has 5 rings (SSSR count). The third-order valence-corrected chi connectivity index (χ3v) is 8.17. The van der Waals surface area contributed by atoms with Crippen molar-refractivity contribution in [2.24, 2.45) is 0 Å². The zero-order valence-electron chi connectivity index (χ0n) is 27.0. The van der Waals surface area contributed by atoms with Crippen LogP contribution in [0.5, 0.6) is 0 Å². The number of benzene rings is 2. The summed E-state index contributed by atoms with van der Waals surface area (Å²) in [5, 5.41) is 21.8. The van der Waals surface area contributed by atoms with Gasteiger partial charge in [0, 0.05) is 31.3 Å². The Kier molecular flexibility index (Phi) is 10.8. The van der Waals surface area contributed by atoms with Crippen molar-refractivity contribution in [3.05, 3.63) is 88.7 Å². The lowest BCUT2D eigenvalue weighted by molar-refractivity contribution is -0.172. The number of amides is 1. The second-order valence-electron chi connectivity index (χ2n) is 13.0. The minimum atomic E-state index is -0.960. The van der Waals surface area contributed by atoms with Gasteiger partial charge in [-0.25, -0.2) is 4.79 Å². The van der Waals surface area contributed by atoms with E-state index in [2.05, 4.69) is 5.32 Å². The molecular weight excluding hydrogens is 606 g/mol. The van der Waals surface area contributed by atoms with Gasteiger partial charge in [0.15, 0.2) is 5.79 Å². The number of aliphatic hydroxyl groups excluding tert-OH is 2. The maximum Gasteiger partial charge on any atom is 0.339 e. The molecule has 1 fully saturated rings. The van der Waals surface area contributed by atoms with Crippen molar-refractivity contribution in [3.8, 4) is 0 Å². The van der Waals surface area contributed by atoms with Crippen LogP contribution in [0.25, 0.3) is 6.08 Å². The van der Waals surface area contributed by atoms with Gasteiger partial charge in [-0.15, -0.1) is 0 Å². The van der Waals surface area contributed by atoms with Gasteiger partial charge in [0.2, 0.25) is 5.91 Å². The van der Waals surface area contributed by atoms with Crippen molar-refractivity contribution in [1.82, 2.24) is 5.32 Å². The number of rotatable bonds is 12. The molecule has 2 aliphatic carbocycles. The Morgan fingerprint density at radius 2 is 1.74 bits per heavy atom. The van der Waals surface area contributed by atoms with Gasteiger partial charge >= 0.3 is 11.9 Å². The molecule has 4 atom stereocenters. The molecule has 4 unspecified atom stereocenters. The summed E-state index contributed by atoms with van der Waals surface area (Å²) in [6.07, 6.45) is 3.81. The van der Waals surface area contributed by atoms with Crippen LogP contribution in [0.2, 0.25) is 0 Å². The lowest BCUT2D eigenvalue weighted by atomic mass is 9.91. The molecule has 0 saturated carbocycles. The minimum Gasteiger partial charge on any atom is -0.499 e. The molecule has 0 radical (unpaired) electrons. The molecular formula is C36H43NO10. The van der Waals surface area contributed by atoms with Gasteiger partial charge in [0.1, 0.15) is 30.5 Å². The molecule has 1 saturated heterocycles. The van der Waals surface area contributed by atoms with Crippen LogP contribution in [0.3, 0.4) is 0 Å². The van der Waals surface area contributed by atoms with Gasteiger partial charge < -0.3 is 39.2 Å². The Balaban J connectivity index is 1.34. The fourth-order valence-electron chi connectivity index (χ4n) is 6.11. The second-order valence-corrected chi connectivity index (χ2v) is 13.0. The molecule has 3 aliphatic rings. The average Bonchev–Trinajstić information content (AvgIpc) is 3.58. The van der Waals surface area contributed by atoms with Crippen LogP contribution in [-0.4, -0.2) is 83.6 Å². The predicted octanol–water partition coefficient (Wildman–Crippen LogP) is 3.40. The largest absolute Gasteiger partial charge is 0.499 e. The van der Waals surface area contributed by atoms with Gasteiger partial charge in [-0.1, -0.05) is 42.5 Å². The first-order chi connectivity index (χ1) is 22.5. The number of nitrogens with one attached hydrogen (secondary N) is 1. The molecule has 3 N–H and O–H groups in total. The Morgan fingerprint density at radius 3 is 2.43 bits per heavy atom. The van der Waals surface area contributed by atoms with E-state index in [1.165, 1.54) is 6.26 Å². The molecule has 2 aromatic rings. The van der Waals surface area contributed by atoms with E-state index in [9.17, 15) is 19.5 Å². The highest BCUT2D eigenvalue weighted by Crippen LogP contribution is 2.45. The number of hydrogen-bond donors (Lipinski definition) is 3. The molecule has 11 heteroatoms. The Bertz CT molecular complexity index is 1480. The fraction of sp³-hybridized carbons (Fsp3) is 0.472. The SMILES string of the molecule is CC(C)(C)OC(=O)CCC(CO)NC(=O)C1=CC2OC3(Cc4ccccc4C3)OC2C(OC(=O)c2ccccc2C=COCCO)C1. The summed E-state index contributed by atoms with van der Waals surface area (Å²) in [4.78, 5) is 39.4. The average molecular weight is 650 g/mol. The van der Waals surface area contributed by atoms with Gasteiger partial charge in [0.05, 0.1) is 31.1 Å². The van der Waals surface area contributed by atoms with Crippen LogP contribution < -0.4 is 5.32 Å². The zero-order valence-corrected chi connectivity index (χ0v) is 27.0. The highest BCUT2D eigenvalue weighted by atomic mass is 16.8. The van der Waals surface area contributed by atoms with E-state index in [0.29, 0.717) is 24.0 Å². The van der Waals surface area contributed by atoms with Crippen molar-refractivity contribution in [1.29, 1.82) is 0 Å². The second kappa shape index (κ2) is 14.8. The lowest BCUT2D eigenvalue weighted by Crippen LogP contribution is -2.45. The molecule has 1 spiro atoms. The van der Waals surface area contributed by atoms with Crippen molar-refractivity contribution in [2.45, 2.75) is 88.6 Å². The van der Waals surface area contributed by atoms with Gasteiger partial charge in [-0.05, 0) is 62.1 Å². The predicted molar refractivity (Wildman–Crippen MR) is 171 cm³/mol. The summed E-state index contributed by atoms with van der Waals surface area (Å²) in [6, 6.07) is 14.2. The summed E-state index contributed by atoms with van der Waals surface area (Å²) in [7, 11) is 0. The third-order valence-electron chi connectivity index (χ3n) is 8.17. The molecule has 47 heavy (non-hydrogen) atoms. The first kappa shape index (κ1) is 34.3. The van der Waals surface area contributed by atoms with Crippen molar-refractivity contribution in [3.63, 3.8) is 0 Å². The number of fused-ring (bicyclic) bond motifs is 2. The van der Waals surface area contributed by atoms with Crippen LogP contribution in [-0.2, 0) is 46.1 Å². The van der Waals surface area contributed by atoms with E-state index in [4.69, 9.17) is 28.8 Å². The molecule has 1 heterocycles. The number of carbonyl (C=O) groups is 3. The van der Waals surface area contributed by atoms with Crippen LogP contribution in [0.15, 0.2) is 66.4 Å². The molecule has 252 valence electrons. The van der Waals surface area contributed by atoms with Crippen LogP contribution in [0.1, 0.15) is 67.1 Å². The molecule has 0 bridgehead atoms. The number of hydrogen-bond acceptors (Lipinski definition) is 10. The monoisotopic (exact) mass is 649 g/mol. The van der Waals surface area contributed by atoms with Crippen LogP contribution in [0, 0.1) is 0 Å². The number of ether oxygens (including phenoxy) is 5. The normalized spacial score (nSPS) is 21.9. The van der Waals surface area contributed by atoms with Gasteiger partial charge in [-0.2, -0.15) is 0 Å². The summed E-state index contributed by atoms with van der Waals surface area (Å²) in [5.41, 5.74) is 2.75. The zero-order chi connectivity index (χ0) is 33.6. The quantitative estimate of drug-likeness (QED) is 0.177. The first-order valence-corrected chi connectivity index (χ1v) is 15.9. The third kappa shape index (κ3) is 8.66. The maximum atomic E-state index is 13.6. The Hall–Kier alpha value is -4.03. The Labute approximate surface area is 274 Å². The smallest absolute Gasteiger partial charge is 0.339 e. The number of esters is 2. The van der Waals surface area contributed by atoms with Crippen LogP contribution in [0.4, 0.5) is 0 Å². The van der Waals surface area contributed by atoms with E-state index in [0.717, 1.165) is 11.1 Å². The van der Waals surface area contributed by atoms with E-state index in [-0.39, 0.29) is 44.6 Å². The highest BCUT2D eigenvalue weighted by molar-refractivity contribution is 5.95. The Morgan fingerprint density at radius 1 is 1.04 bits per heavy atom. The highest BCUT2D eigenvalue weighted by Gasteiger charge is 2.55. The van der Waals surface area contributed by atoms with Gasteiger partial charge in [-0.3, -0.25) is 9.59 Å². The lowest BCUT2D eigenvalue weighted by Gasteiger charge is -2.31. The van der Waals surface area contributed by atoms with Crippen molar-refractivity contribution < 1.29 is 48.3 Å².